The van der Waals surface area contributed by atoms with Gasteiger partial charge < -0.3 is 10.6 Å². The Bertz CT molecular complexity index is 537. The zero-order valence-corrected chi connectivity index (χ0v) is 11.6. The molecule has 2 aromatic rings. The minimum absolute atomic E-state index is 0.0234. The second kappa shape index (κ2) is 7.28. The van der Waals surface area contributed by atoms with Crippen LogP contribution in [0.3, 0.4) is 0 Å². The van der Waals surface area contributed by atoms with Gasteiger partial charge >= 0.3 is 0 Å². The molecule has 2 N–H and O–H groups in total. The number of carbonyl (C=O) groups is 1. The van der Waals surface area contributed by atoms with E-state index in [-0.39, 0.29) is 5.91 Å². The van der Waals surface area contributed by atoms with Gasteiger partial charge in [-0.1, -0.05) is 23.8 Å². The summed E-state index contributed by atoms with van der Waals surface area (Å²) >= 11 is 0. The van der Waals surface area contributed by atoms with Crippen LogP contribution in [0.1, 0.15) is 17.7 Å². The molecule has 0 atom stereocenters. The van der Waals surface area contributed by atoms with E-state index < -0.39 is 0 Å². The molecule has 0 fully saturated rings. The summed E-state index contributed by atoms with van der Waals surface area (Å²) < 4.78 is 0. The number of nitrogens with zero attached hydrogens (tertiary/aromatic N) is 1. The molecular weight excluding hydrogens is 250 g/mol. The standard InChI is InChI=1S/C16H19N3O/c1-13-5-7-14(8-6-13)18-11-9-16(20)19-12-15-4-2-3-10-17-15/h2-8,10,18H,9,11-12H2,1H3,(H,19,20). The third-order valence-corrected chi connectivity index (χ3v) is 2.93. The molecule has 0 spiro atoms. The molecule has 1 aromatic carbocycles. The van der Waals surface area contributed by atoms with E-state index in [1.165, 1.54) is 5.56 Å². The molecule has 0 saturated carbocycles. The van der Waals surface area contributed by atoms with Crippen LogP contribution in [0.5, 0.6) is 0 Å². The number of hydrogen-bond donors (Lipinski definition) is 2. The highest BCUT2D eigenvalue weighted by atomic mass is 16.1. The predicted molar refractivity (Wildman–Crippen MR) is 80.4 cm³/mol. The molecule has 4 nitrogen and oxygen atoms in total. The molecule has 0 aliphatic rings. The molecule has 1 amide bonds. The van der Waals surface area contributed by atoms with Gasteiger partial charge in [-0.05, 0) is 31.2 Å². The Morgan fingerprint density at radius 1 is 1.15 bits per heavy atom. The number of aromatic nitrogens is 1. The minimum Gasteiger partial charge on any atom is -0.385 e. The predicted octanol–water partition coefficient (Wildman–Crippen LogP) is 2.51. The van der Waals surface area contributed by atoms with E-state index in [2.05, 4.69) is 22.5 Å². The summed E-state index contributed by atoms with van der Waals surface area (Å²) in [5.74, 6) is 0.0234. The van der Waals surface area contributed by atoms with Crippen molar-refractivity contribution in [2.75, 3.05) is 11.9 Å². The SMILES string of the molecule is Cc1ccc(NCCC(=O)NCc2ccccn2)cc1. The lowest BCUT2D eigenvalue weighted by atomic mass is 10.2. The third kappa shape index (κ3) is 4.72. The second-order valence-electron chi connectivity index (χ2n) is 4.64. The normalized spacial score (nSPS) is 10.1. The highest BCUT2D eigenvalue weighted by Crippen LogP contribution is 2.08. The van der Waals surface area contributed by atoms with E-state index in [1.54, 1.807) is 6.20 Å². The number of aryl methyl sites for hydroxylation is 1. The van der Waals surface area contributed by atoms with Crippen LogP contribution >= 0.6 is 0 Å². The van der Waals surface area contributed by atoms with Crippen LogP contribution in [0, 0.1) is 6.92 Å². The Morgan fingerprint density at radius 2 is 1.95 bits per heavy atom. The fourth-order valence-corrected chi connectivity index (χ4v) is 1.77. The van der Waals surface area contributed by atoms with Gasteiger partial charge in [0.2, 0.25) is 5.91 Å². The zero-order valence-electron chi connectivity index (χ0n) is 11.6. The number of amides is 1. The monoisotopic (exact) mass is 269 g/mol. The second-order valence-corrected chi connectivity index (χ2v) is 4.64. The van der Waals surface area contributed by atoms with Crippen molar-refractivity contribution in [1.29, 1.82) is 0 Å². The van der Waals surface area contributed by atoms with Crippen molar-refractivity contribution in [3.05, 3.63) is 59.9 Å². The molecule has 0 aliphatic carbocycles. The number of benzene rings is 1. The quantitative estimate of drug-likeness (QED) is 0.847. The van der Waals surface area contributed by atoms with E-state index in [9.17, 15) is 4.79 Å². The van der Waals surface area contributed by atoms with Gasteiger partial charge in [0.15, 0.2) is 0 Å². The zero-order chi connectivity index (χ0) is 14.2. The van der Waals surface area contributed by atoms with Gasteiger partial charge in [-0.3, -0.25) is 9.78 Å². The Balaban J connectivity index is 1.66. The topological polar surface area (TPSA) is 54.0 Å². The lowest BCUT2D eigenvalue weighted by Gasteiger charge is -2.07. The first-order valence-electron chi connectivity index (χ1n) is 6.71. The van der Waals surface area contributed by atoms with Crippen LogP contribution in [-0.4, -0.2) is 17.4 Å². The van der Waals surface area contributed by atoms with Crippen molar-refractivity contribution >= 4 is 11.6 Å². The first-order valence-corrected chi connectivity index (χ1v) is 6.71. The average molecular weight is 269 g/mol. The summed E-state index contributed by atoms with van der Waals surface area (Å²) in [6.45, 7) is 3.15. The molecule has 0 aliphatic heterocycles. The van der Waals surface area contributed by atoms with E-state index >= 15 is 0 Å². The number of carbonyl (C=O) groups excluding carboxylic acids is 1. The number of nitrogens with one attached hydrogen (secondary N) is 2. The van der Waals surface area contributed by atoms with E-state index in [0.29, 0.717) is 19.5 Å². The summed E-state index contributed by atoms with van der Waals surface area (Å²) in [6, 6.07) is 13.8. The van der Waals surface area contributed by atoms with Crippen LogP contribution in [-0.2, 0) is 11.3 Å². The molecule has 0 radical (unpaired) electrons. The fourth-order valence-electron chi connectivity index (χ4n) is 1.77. The largest absolute Gasteiger partial charge is 0.385 e. The maximum absolute atomic E-state index is 11.7. The summed E-state index contributed by atoms with van der Waals surface area (Å²) in [4.78, 5) is 15.8. The Hall–Kier alpha value is -2.36. The maximum atomic E-state index is 11.7. The Labute approximate surface area is 119 Å². The minimum atomic E-state index is 0.0234. The lowest BCUT2D eigenvalue weighted by Crippen LogP contribution is -2.25. The van der Waals surface area contributed by atoms with Gasteiger partial charge in [-0.15, -0.1) is 0 Å². The average Bonchev–Trinajstić information content (AvgIpc) is 2.48. The van der Waals surface area contributed by atoms with Crippen molar-refractivity contribution in [3.63, 3.8) is 0 Å². The maximum Gasteiger partial charge on any atom is 0.222 e. The lowest BCUT2D eigenvalue weighted by molar-refractivity contribution is -0.121. The molecular formula is C16H19N3O. The third-order valence-electron chi connectivity index (χ3n) is 2.93. The van der Waals surface area contributed by atoms with Gasteiger partial charge in [0.1, 0.15) is 0 Å². The van der Waals surface area contributed by atoms with Crippen LogP contribution in [0.2, 0.25) is 0 Å². The Kier molecular flexibility index (Phi) is 5.12. The molecule has 0 bridgehead atoms. The summed E-state index contributed by atoms with van der Waals surface area (Å²) in [7, 11) is 0. The Morgan fingerprint density at radius 3 is 2.65 bits per heavy atom. The van der Waals surface area contributed by atoms with Crippen LogP contribution in [0.15, 0.2) is 48.7 Å². The summed E-state index contributed by atoms with van der Waals surface area (Å²) in [5, 5.41) is 6.08. The van der Waals surface area contributed by atoms with Crippen LogP contribution < -0.4 is 10.6 Å². The first-order chi connectivity index (χ1) is 9.74. The van der Waals surface area contributed by atoms with Gasteiger partial charge in [-0.2, -0.15) is 0 Å². The first kappa shape index (κ1) is 14.1. The molecule has 1 heterocycles. The molecule has 0 saturated heterocycles. The van der Waals surface area contributed by atoms with Gasteiger partial charge in [0.25, 0.3) is 0 Å². The number of pyridine rings is 1. The molecule has 2 rings (SSSR count). The summed E-state index contributed by atoms with van der Waals surface area (Å²) in [6.07, 6.45) is 2.17. The van der Waals surface area contributed by atoms with E-state index in [1.807, 2.05) is 42.5 Å². The van der Waals surface area contributed by atoms with Crippen molar-refractivity contribution in [2.24, 2.45) is 0 Å². The highest BCUT2D eigenvalue weighted by Gasteiger charge is 2.01. The smallest absolute Gasteiger partial charge is 0.222 e. The molecule has 0 unspecified atom stereocenters. The van der Waals surface area contributed by atoms with Crippen molar-refractivity contribution < 1.29 is 4.79 Å². The van der Waals surface area contributed by atoms with Gasteiger partial charge in [0, 0.05) is 24.8 Å². The van der Waals surface area contributed by atoms with Crippen molar-refractivity contribution in [2.45, 2.75) is 19.9 Å². The fraction of sp³-hybridized carbons (Fsp3) is 0.250. The molecule has 1 aromatic heterocycles. The van der Waals surface area contributed by atoms with Crippen LogP contribution in [0.25, 0.3) is 0 Å². The molecule has 104 valence electrons. The van der Waals surface area contributed by atoms with Gasteiger partial charge in [0.05, 0.1) is 12.2 Å². The summed E-state index contributed by atoms with van der Waals surface area (Å²) in [5.41, 5.74) is 3.13. The van der Waals surface area contributed by atoms with Crippen molar-refractivity contribution in [1.82, 2.24) is 10.3 Å². The van der Waals surface area contributed by atoms with Crippen molar-refractivity contribution in [3.8, 4) is 0 Å². The van der Waals surface area contributed by atoms with E-state index in [0.717, 1.165) is 11.4 Å². The number of hydrogen-bond acceptors (Lipinski definition) is 3. The number of anilines is 1. The van der Waals surface area contributed by atoms with E-state index in [4.69, 9.17) is 0 Å². The highest BCUT2D eigenvalue weighted by molar-refractivity contribution is 5.76. The van der Waals surface area contributed by atoms with Crippen LogP contribution in [0.4, 0.5) is 5.69 Å². The number of rotatable bonds is 6. The molecule has 4 heteroatoms. The molecule has 20 heavy (non-hydrogen) atoms. The van der Waals surface area contributed by atoms with Gasteiger partial charge in [-0.25, -0.2) is 0 Å².